The Kier molecular flexibility index (Phi) is 4.75. The van der Waals surface area contributed by atoms with Gasteiger partial charge in [0.05, 0.1) is 0 Å². The summed E-state index contributed by atoms with van der Waals surface area (Å²) in [6, 6.07) is 7.97. The predicted molar refractivity (Wildman–Crippen MR) is 102 cm³/mol. The van der Waals surface area contributed by atoms with Crippen LogP contribution in [0, 0.1) is 6.92 Å². The number of fused-ring (bicyclic) bond motifs is 3. The summed E-state index contributed by atoms with van der Waals surface area (Å²) in [5.74, 6) is 0.702. The Morgan fingerprint density at radius 3 is 2.81 bits per heavy atom. The molecule has 140 valence electrons. The number of imidazole rings is 1. The highest BCUT2D eigenvalue weighted by atomic mass is 16.2. The average Bonchev–Trinajstić information content (AvgIpc) is 2.85. The van der Waals surface area contributed by atoms with Crippen LogP contribution in [0.5, 0.6) is 0 Å². The zero-order valence-electron chi connectivity index (χ0n) is 15.4. The van der Waals surface area contributed by atoms with Gasteiger partial charge in [0.2, 0.25) is 5.91 Å². The minimum atomic E-state index is -0.258. The molecule has 7 nitrogen and oxygen atoms in total. The van der Waals surface area contributed by atoms with Crippen molar-refractivity contribution in [3.05, 3.63) is 57.9 Å². The molecule has 1 N–H and O–H groups in total. The Hall–Kier alpha value is -2.96. The zero-order chi connectivity index (χ0) is 18.8. The van der Waals surface area contributed by atoms with Crippen LogP contribution >= 0.6 is 0 Å². The van der Waals surface area contributed by atoms with E-state index in [0.717, 1.165) is 37.2 Å². The third kappa shape index (κ3) is 3.63. The molecule has 0 saturated carbocycles. The van der Waals surface area contributed by atoms with Crippen LogP contribution in [0.15, 0.2) is 35.4 Å². The van der Waals surface area contributed by atoms with Gasteiger partial charge in [-0.2, -0.15) is 0 Å². The first-order valence-corrected chi connectivity index (χ1v) is 9.38. The average molecular weight is 365 g/mol. The summed E-state index contributed by atoms with van der Waals surface area (Å²) >= 11 is 0. The molecule has 0 unspecified atom stereocenters. The van der Waals surface area contributed by atoms with Gasteiger partial charge in [-0.05, 0) is 25.3 Å². The molecule has 0 spiro atoms. The van der Waals surface area contributed by atoms with Crippen molar-refractivity contribution < 1.29 is 4.79 Å². The monoisotopic (exact) mass is 365 g/mol. The smallest absolute Gasteiger partial charge is 0.282 e. The van der Waals surface area contributed by atoms with Crippen molar-refractivity contribution in [2.24, 2.45) is 0 Å². The first kappa shape index (κ1) is 17.5. The number of rotatable bonds is 4. The Morgan fingerprint density at radius 1 is 1.19 bits per heavy atom. The summed E-state index contributed by atoms with van der Waals surface area (Å²) in [5.41, 5.74) is 2.93. The second-order valence-electron chi connectivity index (χ2n) is 7.10. The number of hydrogen-bond acceptors (Lipinski definition) is 4. The summed E-state index contributed by atoms with van der Waals surface area (Å²) in [5, 5.41) is 2.85. The molecule has 4 rings (SSSR count). The number of benzene rings is 1. The number of amides is 1. The lowest BCUT2D eigenvalue weighted by molar-refractivity contribution is -0.121. The Bertz CT molecular complexity index is 1030. The van der Waals surface area contributed by atoms with Crippen molar-refractivity contribution in [2.45, 2.75) is 52.2 Å². The third-order valence-corrected chi connectivity index (χ3v) is 5.01. The summed E-state index contributed by atoms with van der Waals surface area (Å²) in [6.45, 7) is 3.24. The lowest BCUT2D eigenvalue weighted by atomic mass is 10.1. The molecule has 2 aromatic heterocycles. The molecule has 1 aromatic carbocycles. The fourth-order valence-corrected chi connectivity index (χ4v) is 3.46. The van der Waals surface area contributed by atoms with Gasteiger partial charge in [0.25, 0.3) is 5.56 Å². The molecule has 0 fully saturated rings. The van der Waals surface area contributed by atoms with Crippen LogP contribution in [0.2, 0.25) is 0 Å². The number of aromatic nitrogens is 4. The Balaban J connectivity index is 1.50. The zero-order valence-corrected chi connectivity index (χ0v) is 15.4. The molecule has 3 heterocycles. The van der Waals surface area contributed by atoms with Gasteiger partial charge in [-0.15, -0.1) is 0 Å². The maximum atomic E-state index is 12.7. The predicted octanol–water partition coefficient (Wildman–Crippen LogP) is 1.94. The van der Waals surface area contributed by atoms with Crippen molar-refractivity contribution in [1.29, 1.82) is 0 Å². The SMILES string of the molecule is Cc1ccc(CNC(=O)Cn2cnc3c(nc4n3CCCCC4)c2=O)cc1. The molecular weight excluding hydrogens is 342 g/mol. The largest absolute Gasteiger partial charge is 0.350 e. The summed E-state index contributed by atoms with van der Waals surface area (Å²) in [4.78, 5) is 33.9. The van der Waals surface area contributed by atoms with Crippen molar-refractivity contribution in [2.75, 3.05) is 0 Å². The maximum absolute atomic E-state index is 12.7. The summed E-state index contributed by atoms with van der Waals surface area (Å²) in [6.07, 6.45) is 5.65. The number of carbonyl (C=O) groups excluding carboxylic acids is 1. The molecule has 27 heavy (non-hydrogen) atoms. The first-order valence-electron chi connectivity index (χ1n) is 9.38. The number of aryl methyl sites for hydroxylation is 3. The van der Waals surface area contributed by atoms with Gasteiger partial charge < -0.3 is 9.88 Å². The standard InChI is InChI=1S/C20H23N5O2/c1-14-6-8-15(9-7-14)11-21-17(26)12-24-13-22-19-18(20(24)27)23-16-5-3-2-4-10-25(16)19/h6-9,13H,2-5,10-12H2,1H3,(H,21,26). The Labute approximate surface area is 157 Å². The molecule has 1 aliphatic heterocycles. The van der Waals surface area contributed by atoms with E-state index < -0.39 is 0 Å². The van der Waals surface area contributed by atoms with Crippen LogP contribution < -0.4 is 10.9 Å². The fraction of sp³-hybridized carbons (Fsp3) is 0.400. The normalized spacial score (nSPS) is 14.0. The molecule has 0 bridgehead atoms. The van der Waals surface area contributed by atoms with Crippen LogP contribution in [0.4, 0.5) is 0 Å². The molecule has 7 heteroatoms. The highest BCUT2D eigenvalue weighted by Crippen LogP contribution is 2.18. The van der Waals surface area contributed by atoms with Crippen molar-refractivity contribution in [3.8, 4) is 0 Å². The quantitative estimate of drug-likeness (QED) is 0.766. The molecule has 0 saturated heterocycles. The molecule has 0 radical (unpaired) electrons. The van der Waals surface area contributed by atoms with Crippen LogP contribution in [0.1, 0.15) is 36.2 Å². The van der Waals surface area contributed by atoms with E-state index in [-0.39, 0.29) is 18.0 Å². The maximum Gasteiger partial charge on any atom is 0.282 e. The van der Waals surface area contributed by atoms with E-state index in [0.29, 0.717) is 17.7 Å². The number of carbonyl (C=O) groups is 1. The van der Waals surface area contributed by atoms with E-state index >= 15 is 0 Å². The van der Waals surface area contributed by atoms with E-state index in [1.807, 2.05) is 35.8 Å². The van der Waals surface area contributed by atoms with Gasteiger partial charge in [0.1, 0.15) is 18.7 Å². The lowest BCUT2D eigenvalue weighted by Crippen LogP contribution is -2.32. The minimum Gasteiger partial charge on any atom is -0.350 e. The molecule has 1 aliphatic rings. The molecule has 1 amide bonds. The highest BCUT2D eigenvalue weighted by molar-refractivity contribution is 5.76. The van der Waals surface area contributed by atoms with E-state index in [1.54, 1.807) is 0 Å². The highest BCUT2D eigenvalue weighted by Gasteiger charge is 2.18. The summed E-state index contributed by atoms with van der Waals surface area (Å²) < 4.78 is 3.38. The van der Waals surface area contributed by atoms with Crippen molar-refractivity contribution in [3.63, 3.8) is 0 Å². The fourth-order valence-electron chi connectivity index (χ4n) is 3.46. The number of nitrogens with zero attached hydrogens (tertiary/aromatic N) is 4. The van der Waals surface area contributed by atoms with Gasteiger partial charge in [-0.25, -0.2) is 9.97 Å². The van der Waals surface area contributed by atoms with Gasteiger partial charge in [0, 0.05) is 19.5 Å². The van der Waals surface area contributed by atoms with Gasteiger partial charge in [-0.1, -0.05) is 36.2 Å². The number of nitrogens with one attached hydrogen (secondary N) is 1. The second kappa shape index (κ2) is 7.34. The molecular formula is C20H23N5O2. The van der Waals surface area contributed by atoms with Crippen LogP contribution in [0.25, 0.3) is 11.2 Å². The third-order valence-electron chi connectivity index (χ3n) is 5.01. The second-order valence-corrected chi connectivity index (χ2v) is 7.10. The Morgan fingerprint density at radius 2 is 2.00 bits per heavy atom. The molecule has 0 atom stereocenters. The van der Waals surface area contributed by atoms with Crippen LogP contribution in [-0.2, 0) is 30.8 Å². The van der Waals surface area contributed by atoms with Gasteiger partial charge in [0.15, 0.2) is 11.2 Å². The van der Waals surface area contributed by atoms with E-state index in [2.05, 4.69) is 15.3 Å². The first-order chi connectivity index (χ1) is 13.1. The van der Waals surface area contributed by atoms with Crippen LogP contribution in [-0.4, -0.2) is 25.0 Å². The van der Waals surface area contributed by atoms with E-state index in [4.69, 9.17) is 0 Å². The van der Waals surface area contributed by atoms with E-state index in [9.17, 15) is 9.59 Å². The van der Waals surface area contributed by atoms with Crippen molar-refractivity contribution >= 4 is 17.1 Å². The summed E-state index contributed by atoms with van der Waals surface area (Å²) in [7, 11) is 0. The van der Waals surface area contributed by atoms with Crippen LogP contribution in [0.3, 0.4) is 0 Å². The minimum absolute atomic E-state index is 0.0597. The topological polar surface area (TPSA) is 81.8 Å². The van der Waals surface area contributed by atoms with Gasteiger partial charge in [-0.3, -0.25) is 14.2 Å². The molecule has 0 aliphatic carbocycles. The molecule has 3 aromatic rings. The van der Waals surface area contributed by atoms with Gasteiger partial charge >= 0.3 is 0 Å². The number of hydrogen-bond donors (Lipinski definition) is 1. The lowest BCUT2D eigenvalue weighted by Gasteiger charge is -2.08. The van der Waals surface area contributed by atoms with Crippen molar-refractivity contribution in [1.82, 2.24) is 24.4 Å². The van der Waals surface area contributed by atoms with E-state index in [1.165, 1.54) is 22.9 Å².